The highest BCUT2D eigenvalue weighted by Gasteiger charge is 2.18. The molecule has 1 saturated carbocycles. The summed E-state index contributed by atoms with van der Waals surface area (Å²) in [6.07, 6.45) is 6.83. The SMILES string of the molecule is OCc1cnc(CC2CCC2)[nH]1. The second-order valence-electron chi connectivity index (χ2n) is 3.51. The Balaban J connectivity index is 1.93. The molecule has 0 atom stereocenters. The van der Waals surface area contributed by atoms with Crippen LogP contribution >= 0.6 is 0 Å². The van der Waals surface area contributed by atoms with Gasteiger partial charge in [-0.15, -0.1) is 0 Å². The van der Waals surface area contributed by atoms with Crippen molar-refractivity contribution in [1.29, 1.82) is 0 Å². The number of rotatable bonds is 3. The van der Waals surface area contributed by atoms with Crippen molar-refractivity contribution < 1.29 is 5.11 Å². The van der Waals surface area contributed by atoms with Gasteiger partial charge in [0, 0.05) is 6.42 Å². The second kappa shape index (κ2) is 3.27. The molecule has 3 nitrogen and oxygen atoms in total. The zero-order valence-electron chi connectivity index (χ0n) is 7.08. The van der Waals surface area contributed by atoms with Gasteiger partial charge in [0.1, 0.15) is 5.82 Å². The first-order valence-corrected chi connectivity index (χ1v) is 4.52. The fraction of sp³-hybridized carbons (Fsp3) is 0.667. The van der Waals surface area contributed by atoms with Crippen molar-refractivity contribution in [2.75, 3.05) is 0 Å². The lowest BCUT2D eigenvalue weighted by molar-refractivity contribution is 0.276. The number of H-pyrrole nitrogens is 1. The molecule has 2 N–H and O–H groups in total. The Morgan fingerprint density at radius 2 is 2.42 bits per heavy atom. The van der Waals surface area contributed by atoms with E-state index in [0.29, 0.717) is 0 Å². The van der Waals surface area contributed by atoms with Gasteiger partial charge in [0.25, 0.3) is 0 Å². The molecule has 12 heavy (non-hydrogen) atoms. The van der Waals surface area contributed by atoms with E-state index in [9.17, 15) is 0 Å². The molecule has 1 fully saturated rings. The molecule has 3 heteroatoms. The smallest absolute Gasteiger partial charge is 0.106 e. The number of imidazole rings is 1. The van der Waals surface area contributed by atoms with E-state index in [1.165, 1.54) is 19.3 Å². The van der Waals surface area contributed by atoms with Crippen LogP contribution in [0, 0.1) is 5.92 Å². The van der Waals surface area contributed by atoms with Gasteiger partial charge in [0.05, 0.1) is 18.5 Å². The number of nitrogens with one attached hydrogen (secondary N) is 1. The van der Waals surface area contributed by atoms with E-state index in [0.717, 1.165) is 23.9 Å². The van der Waals surface area contributed by atoms with Crippen LogP contribution in [0.15, 0.2) is 6.20 Å². The Morgan fingerprint density at radius 1 is 1.58 bits per heavy atom. The monoisotopic (exact) mass is 166 g/mol. The highest BCUT2D eigenvalue weighted by molar-refractivity contribution is 5.01. The van der Waals surface area contributed by atoms with Crippen molar-refractivity contribution >= 4 is 0 Å². The molecular formula is C9H14N2O. The molecule has 66 valence electrons. The first-order valence-electron chi connectivity index (χ1n) is 4.52. The summed E-state index contributed by atoms with van der Waals surface area (Å²) in [6.45, 7) is 0.0671. The summed E-state index contributed by atoms with van der Waals surface area (Å²) in [5.41, 5.74) is 0.823. The van der Waals surface area contributed by atoms with Crippen molar-refractivity contribution in [3.05, 3.63) is 17.7 Å². The topological polar surface area (TPSA) is 48.9 Å². The van der Waals surface area contributed by atoms with Crippen LogP contribution in [0.4, 0.5) is 0 Å². The minimum absolute atomic E-state index is 0.0671. The predicted molar refractivity (Wildman–Crippen MR) is 45.6 cm³/mol. The molecule has 1 aliphatic carbocycles. The lowest BCUT2D eigenvalue weighted by atomic mass is 9.83. The van der Waals surface area contributed by atoms with E-state index in [-0.39, 0.29) is 6.61 Å². The van der Waals surface area contributed by atoms with Crippen LogP contribution in [0.3, 0.4) is 0 Å². The maximum absolute atomic E-state index is 8.78. The quantitative estimate of drug-likeness (QED) is 0.709. The molecule has 0 saturated heterocycles. The summed E-state index contributed by atoms with van der Waals surface area (Å²) in [5, 5.41) is 8.78. The van der Waals surface area contributed by atoms with Gasteiger partial charge < -0.3 is 10.1 Å². The van der Waals surface area contributed by atoms with E-state index in [1.807, 2.05) is 0 Å². The molecule has 2 rings (SSSR count). The van der Waals surface area contributed by atoms with E-state index in [1.54, 1.807) is 6.20 Å². The molecule has 1 aromatic rings. The molecule has 0 radical (unpaired) electrons. The van der Waals surface area contributed by atoms with Gasteiger partial charge in [-0.3, -0.25) is 0 Å². The predicted octanol–water partition coefficient (Wildman–Crippen LogP) is 1.24. The fourth-order valence-electron chi connectivity index (χ4n) is 1.56. The van der Waals surface area contributed by atoms with E-state index in [2.05, 4.69) is 9.97 Å². The molecule has 0 aliphatic heterocycles. The van der Waals surface area contributed by atoms with Crippen molar-refractivity contribution in [2.45, 2.75) is 32.3 Å². The van der Waals surface area contributed by atoms with Gasteiger partial charge in [-0.05, 0) is 5.92 Å². The van der Waals surface area contributed by atoms with Crippen molar-refractivity contribution in [3.8, 4) is 0 Å². The van der Waals surface area contributed by atoms with Crippen molar-refractivity contribution in [2.24, 2.45) is 5.92 Å². The highest BCUT2D eigenvalue weighted by Crippen LogP contribution is 2.28. The van der Waals surface area contributed by atoms with Crippen LogP contribution in [0.5, 0.6) is 0 Å². The van der Waals surface area contributed by atoms with Crippen LogP contribution in [0.25, 0.3) is 0 Å². The minimum atomic E-state index is 0.0671. The van der Waals surface area contributed by atoms with Crippen LogP contribution < -0.4 is 0 Å². The molecule has 1 aromatic heterocycles. The zero-order chi connectivity index (χ0) is 8.39. The number of aromatic nitrogens is 2. The highest BCUT2D eigenvalue weighted by atomic mass is 16.3. The molecule has 1 heterocycles. The third-order valence-electron chi connectivity index (χ3n) is 2.56. The normalized spacial score (nSPS) is 17.8. The summed E-state index contributed by atoms with van der Waals surface area (Å²) >= 11 is 0. The minimum Gasteiger partial charge on any atom is -0.390 e. The van der Waals surface area contributed by atoms with E-state index in [4.69, 9.17) is 5.11 Å². The largest absolute Gasteiger partial charge is 0.390 e. The first-order chi connectivity index (χ1) is 5.88. The molecule has 0 unspecified atom stereocenters. The maximum atomic E-state index is 8.78. The Kier molecular flexibility index (Phi) is 2.13. The number of nitrogens with zero attached hydrogens (tertiary/aromatic N) is 1. The van der Waals surface area contributed by atoms with Crippen LogP contribution in [0.2, 0.25) is 0 Å². The molecule has 0 spiro atoms. The average Bonchev–Trinajstić information content (AvgIpc) is 2.44. The average molecular weight is 166 g/mol. The summed E-state index contributed by atoms with van der Waals surface area (Å²) in [5.74, 6) is 1.87. The summed E-state index contributed by atoms with van der Waals surface area (Å²) in [7, 11) is 0. The molecule has 0 amide bonds. The van der Waals surface area contributed by atoms with Gasteiger partial charge in [-0.1, -0.05) is 19.3 Å². The number of aromatic amines is 1. The zero-order valence-corrected chi connectivity index (χ0v) is 7.08. The van der Waals surface area contributed by atoms with Crippen LogP contribution in [0.1, 0.15) is 30.8 Å². The molecule has 0 aromatic carbocycles. The summed E-state index contributed by atoms with van der Waals surface area (Å²) < 4.78 is 0. The third-order valence-corrected chi connectivity index (χ3v) is 2.56. The van der Waals surface area contributed by atoms with Crippen LogP contribution in [-0.4, -0.2) is 15.1 Å². The first kappa shape index (κ1) is 7.80. The number of hydrogen-bond donors (Lipinski definition) is 2. The van der Waals surface area contributed by atoms with E-state index >= 15 is 0 Å². The van der Waals surface area contributed by atoms with E-state index < -0.39 is 0 Å². The Labute approximate surface area is 71.8 Å². The molecule has 0 bridgehead atoms. The molecule has 1 aliphatic rings. The lowest BCUT2D eigenvalue weighted by Crippen LogP contribution is -2.14. The standard InChI is InChI=1S/C9H14N2O/c12-6-8-5-10-9(11-8)4-7-2-1-3-7/h5,7,12H,1-4,6H2,(H,10,11). The molecular weight excluding hydrogens is 152 g/mol. The maximum Gasteiger partial charge on any atom is 0.106 e. The van der Waals surface area contributed by atoms with Gasteiger partial charge in [-0.25, -0.2) is 4.98 Å². The van der Waals surface area contributed by atoms with Crippen molar-refractivity contribution in [1.82, 2.24) is 9.97 Å². The number of aliphatic hydroxyl groups is 1. The second-order valence-corrected chi connectivity index (χ2v) is 3.51. The fourth-order valence-corrected chi connectivity index (χ4v) is 1.56. The Bertz CT molecular complexity index is 253. The Morgan fingerprint density at radius 3 is 2.92 bits per heavy atom. The number of aliphatic hydroxyl groups excluding tert-OH is 1. The number of hydrogen-bond acceptors (Lipinski definition) is 2. The lowest BCUT2D eigenvalue weighted by Gasteiger charge is -2.23. The van der Waals surface area contributed by atoms with Gasteiger partial charge in [0.2, 0.25) is 0 Å². The van der Waals surface area contributed by atoms with Crippen LogP contribution in [-0.2, 0) is 13.0 Å². The third kappa shape index (κ3) is 1.50. The van der Waals surface area contributed by atoms with Gasteiger partial charge >= 0.3 is 0 Å². The Hall–Kier alpha value is -0.830. The summed E-state index contributed by atoms with van der Waals surface area (Å²) in [4.78, 5) is 7.29. The summed E-state index contributed by atoms with van der Waals surface area (Å²) in [6, 6.07) is 0. The van der Waals surface area contributed by atoms with Gasteiger partial charge in [-0.2, -0.15) is 0 Å². The van der Waals surface area contributed by atoms with Gasteiger partial charge in [0.15, 0.2) is 0 Å². The van der Waals surface area contributed by atoms with Crippen molar-refractivity contribution in [3.63, 3.8) is 0 Å².